The van der Waals surface area contributed by atoms with Crippen LogP contribution in [0.5, 0.6) is 0 Å². The number of carbonyl (C=O) groups is 1. The van der Waals surface area contributed by atoms with Gasteiger partial charge in [0.25, 0.3) is 5.91 Å². The summed E-state index contributed by atoms with van der Waals surface area (Å²) in [6.45, 7) is -0.571. The average Bonchev–Trinajstić information content (AvgIpc) is 2.77. The number of amides is 1. The second-order valence-electron chi connectivity index (χ2n) is 6.64. The quantitative estimate of drug-likeness (QED) is 0.311. The number of carbonyl (C=O) groups excluding carboxylic acids is 1. The summed E-state index contributed by atoms with van der Waals surface area (Å²) in [5.41, 5.74) is 3.64. The van der Waals surface area contributed by atoms with Crippen molar-refractivity contribution >= 4 is 61.3 Å². The third-order valence-electron chi connectivity index (χ3n) is 4.36. The van der Waals surface area contributed by atoms with Crippen LogP contribution in [0.15, 0.2) is 87.3 Å². The van der Waals surface area contributed by atoms with Crippen molar-refractivity contribution in [3.63, 3.8) is 0 Å². The van der Waals surface area contributed by atoms with Gasteiger partial charge in [-0.1, -0.05) is 81.6 Å². The van der Waals surface area contributed by atoms with Gasteiger partial charge >= 0.3 is 0 Å². The van der Waals surface area contributed by atoms with Crippen molar-refractivity contribution in [1.29, 1.82) is 0 Å². The van der Waals surface area contributed by atoms with Gasteiger partial charge in [0.2, 0.25) is 10.0 Å². The first-order valence-electron chi connectivity index (χ1n) is 9.33. The molecule has 0 saturated carbocycles. The Morgan fingerprint density at radius 1 is 1.03 bits per heavy atom. The lowest BCUT2D eigenvalue weighted by molar-refractivity contribution is -0.121. The molecule has 0 saturated heterocycles. The highest BCUT2D eigenvalue weighted by Crippen LogP contribution is 2.25. The van der Waals surface area contributed by atoms with E-state index in [0.717, 1.165) is 14.3 Å². The van der Waals surface area contributed by atoms with Crippen molar-refractivity contribution in [3.05, 3.63) is 98.4 Å². The molecule has 0 heterocycles. The normalized spacial score (nSPS) is 11.8. The fourth-order valence-corrected chi connectivity index (χ4v) is 5.01. The number of nitrogens with one attached hydrogen (secondary N) is 1. The standard InChI is InChI=1S/C22H18BrCl2N3O3S/c23-20-9-5-4-6-16(20)13-26-27-22(29)15-28(14-17-10-11-18(24)12-21(17)25)32(30,31)19-7-2-1-3-8-19/h1-13H,14-15H2,(H,27,29)/b26-13-. The molecule has 32 heavy (non-hydrogen) atoms. The van der Waals surface area contributed by atoms with E-state index in [1.54, 1.807) is 30.3 Å². The Kier molecular flexibility index (Phi) is 8.44. The summed E-state index contributed by atoms with van der Waals surface area (Å²) in [5.74, 6) is -0.599. The number of hydrazone groups is 1. The Balaban J connectivity index is 1.82. The lowest BCUT2D eigenvalue weighted by Gasteiger charge is -2.22. The van der Waals surface area contributed by atoms with Crippen LogP contribution < -0.4 is 5.43 Å². The molecule has 0 spiro atoms. The number of halogens is 3. The van der Waals surface area contributed by atoms with Crippen LogP contribution in [-0.4, -0.2) is 31.4 Å². The van der Waals surface area contributed by atoms with E-state index in [2.05, 4.69) is 26.5 Å². The summed E-state index contributed by atoms with van der Waals surface area (Å²) in [4.78, 5) is 12.6. The molecule has 6 nitrogen and oxygen atoms in total. The molecule has 1 N–H and O–H groups in total. The molecule has 166 valence electrons. The van der Waals surface area contributed by atoms with E-state index in [-0.39, 0.29) is 11.4 Å². The smallest absolute Gasteiger partial charge is 0.255 e. The molecule has 0 unspecified atom stereocenters. The first-order valence-corrected chi connectivity index (χ1v) is 12.3. The van der Waals surface area contributed by atoms with E-state index >= 15 is 0 Å². The van der Waals surface area contributed by atoms with Crippen molar-refractivity contribution in [1.82, 2.24) is 9.73 Å². The zero-order chi connectivity index (χ0) is 23.1. The molecule has 0 aliphatic heterocycles. The summed E-state index contributed by atoms with van der Waals surface area (Å²) in [7, 11) is -3.98. The van der Waals surface area contributed by atoms with E-state index in [4.69, 9.17) is 23.2 Å². The summed E-state index contributed by atoms with van der Waals surface area (Å²) in [6, 6.07) is 20.0. The fourth-order valence-electron chi connectivity index (χ4n) is 2.76. The van der Waals surface area contributed by atoms with Crippen LogP contribution in [-0.2, 0) is 21.4 Å². The van der Waals surface area contributed by atoms with Gasteiger partial charge < -0.3 is 0 Å². The summed E-state index contributed by atoms with van der Waals surface area (Å²) < 4.78 is 28.3. The van der Waals surface area contributed by atoms with Crippen molar-refractivity contribution < 1.29 is 13.2 Å². The highest BCUT2D eigenvalue weighted by Gasteiger charge is 2.27. The third-order valence-corrected chi connectivity index (χ3v) is 7.48. The molecular weight excluding hydrogens is 537 g/mol. The number of hydrogen-bond acceptors (Lipinski definition) is 4. The maximum Gasteiger partial charge on any atom is 0.255 e. The van der Waals surface area contributed by atoms with Gasteiger partial charge in [-0.15, -0.1) is 0 Å². The van der Waals surface area contributed by atoms with Crippen LogP contribution >= 0.6 is 39.1 Å². The van der Waals surface area contributed by atoms with Gasteiger partial charge in [0.15, 0.2) is 0 Å². The Hall–Kier alpha value is -2.23. The highest BCUT2D eigenvalue weighted by atomic mass is 79.9. The van der Waals surface area contributed by atoms with Crippen molar-refractivity contribution in [2.24, 2.45) is 5.10 Å². The largest absolute Gasteiger partial charge is 0.272 e. The van der Waals surface area contributed by atoms with Crippen molar-refractivity contribution in [2.75, 3.05) is 6.54 Å². The minimum Gasteiger partial charge on any atom is -0.272 e. The zero-order valence-electron chi connectivity index (χ0n) is 16.6. The molecular formula is C22H18BrCl2N3O3S. The minimum absolute atomic E-state index is 0.0644. The SMILES string of the molecule is O=C(CN(Cc1ccc(Cl)cc1Cl)S(=O)(=O)c1ccccc1)N/N=C\c1ccccc1Br. The van der Waals surface area contributed by atoms with E-state index in [9.17, 15) is 13.2 Å². The van der Waals surface area contributed by atoms with Crippen LogP contribution in [0.2, 0.25) is 10.0 Å². The Labute approximate surface area is 205 Å². The molecule has 0 fully saturated rings. The molecule has 3 aromatic carbocycles. The van der Waals surface area contributed by atoms with E-state index in [0.29, 0.717) is 15.6 Å². The maximum absolute atomic E-state index is 13.2. The molecule has 10 heteroatoms. The minimum atomic E-state index is -3.98. The molecule has 0 atom stereocenters. The van der Waals surface area contributed by atoms with Gasteiger partial charge in [-0.05, 0) is 35.9 Å². The van der Waals surface area contributed by atoms with Crippen LogP contribution in [0, 0.1) is 0 Å². The molecule has 1 amide bonds. The number of sulfonamides is 1. The van der Waals surface area contributed by atoms with Crippen molar-refractivity contribution in [2.45, 2.75) is 11.4 Å². The lowest BCUT2D eigenvalue weighted by Crippen LogP contribution is -2.39. The summed E-state index contributed by atoms with van der Waals surface area (Å²) >= 11 is 15.6. The van der Waals surface area contributed by atoms with Gasteiger partial charge in [-0.2, -0.15) is 9.41 Å². The number of hydrogen-bond donors (Lipinski definition) is 1. The van der Waals surface area contributed by atoms with Gasteiger partial charge in [0.05, 0.1) is 17.7 Å². The molecule has 0 bridgehead atoms. The fraction of sp³-hybridized carbons (Fsp3) is 0.0909. The van der Waals surface area contributed by atoms with Crippen LogP contribution in [0.3, 0.4) is 0 Å². The first-order chi connectivity index (χ1) is 15.3. The molecule has 3 aromatic rings. The van der Waals surface area contributed by atoms with E-state index < -0.39 is 22.5 Å². The Bertz CT molecular complexity index is 1240. The summed E-state index contributed by atoms with van der Waals surface area (Å²) in [6.07, 6.45) is 1.47. The first kappa shape index (κ1) is 24.4. The number of nitrogens with zero attached hydrogens (tertiary/aromatic N) is 2. The predicted octanol–water partition coefficient (Wildman–Crippen LogP) is 5.10. The highest BCUT2D eigenvalue weighted by molar-refractivity contribution is 9.10. The predicted molar refractivity (Wildman–Crippen MR) is 130 cm³/mol. The number of rotatable bonds is 8. The maximum atomic E-state index is 13.2. The van der Waals surface area contributed by atoms with Gasteiger partial charge in [0.1, 0.15) is 0 Å². The molecule has 3 rings (SSSR count). The van der Waals surface area contributed by atoms with Crippen LogP contribution in [0.1, 0.15) is 11.1 Å². The van der Waals surface area contributed by atoms with E-state index in [1.165, 1.54) is 24.4 Å². The molecule has 0 aliphatic rings. The van der Waals surface area contributed by atoms with E-state index in [1.807, 2.05) is 24.3 Å². The second kappa shape index (κ2) is 11.1. The average molecular weight is 555 g/mol. The Morgan fingerprint density at radius 2 is 1.72 bits per heavy atom. The summed E-state index contributed by atoms with van der Waals surface area (Å²) in [5, 5.41) is 4.66. The monoisotopic (exact) mass is 553 g/mol. The van der Waals surface area contributed by atoms with Crippen LogP contribution in [0.4, 0.5) is 0 Å². The van der Waals surface area contributed by atoms with Crippen molar-refractivity contribution in [3.8, 4) is 0 Å². The van der Waals surface area contributed by atoms with Gasteiger partial charge in [-0.3, -0.25) is 4.79 Å². The lowest BCUT2D eigenvalue weighted by atomic mass is 10.2. The molecule has 0 radical (unpaired) electrons. The second-order valence-corrected chi connectivity index (χ2v) is 10.3. The third kappa shape index (κ3) is 6.40. The number of benzene rings is 3. The Morgan fingerprint density at radius 3 is 2.41 bits per heavy atom. The zero-order valence-corrected chi connectivity index (χ0v) is 20.5. The van der Waals surface area contributed by atoms with Gasteiger partial charge in [-0.25, -0.2) is 13.8 Å². The van der Waals surface area contributed by atoms with Gasteiger partial charge in [0, 0.05) is 26.6 Å². The molecule has 0 aliphatic carbocycles. The topological polar surface area (TPSA) is 78.8 Å². The molecule has 0 aromatic heterocycles. The van der Waals surface area contributed by atoms with Crippen LogP contribution in [0.25, 0.3) is 0 Å².